The van der Waals surface area contributed by atoms with Crippen molar-refractivity contribution < 1.29 is 34.8 Å². The van der Waals surface area contributed by atoms with Crippen LogP contribution >= 0.6 is 0 Å². The molecule has 0 saturated heterocycles. The zero-order valence-corrected chi connectivity index (χ0v) is 22.0. The smallest absolute Gasteiger partial charge is 0.255 e. The zero-order valence-electron chi connectivity index (χ0n) is 22.0. The van der Waals surface area contributed by atoms with Gasteiger partial charge in [0.1, 0.15) is 22.8 Å². The molecule has 1 saturated carbocycles. The van der Waals surface area contributed by atoms with Crippen LogP contribution in [0.4, 0.5) is 5.69 Å². The Kier molecular flexibility index (Phi) is 6.41. The van der Waals surface area contributed by atoms with Crippen LogP contribution in [-0.4, -0.2) is 82.6 Å². The number of nitrogens with two attached hydrogens (primary N) is 1. The monoisotopic (exact) mass is 513 g/mol. The maximum absolute atomic E-state index is 13.9. The van der Waals surface area contributed by atoms with Crippen molar-refractivity contribution in [2.24, 2.45) is 23.5 Å². The Hall–Kier alpha value is -3.37. The molecule has 1 amide bonds. The third kappa shape index (κ3) is 3.73. The van der Waals surface area contributed by atoms with Gasteiger partial charge in [0.25, 0.3) is 5.91 Å². The second-order valence-electron chi connectivity index (χ2n) is 11.2. The Balaban J connectivity index is 2.00. The lowest BCUT2D eigenvalue weighted by Crippen LogP contribution is -2.65. The van der Waals surface area contributed by atoms with Crippen molar-refractivity contribution in [2.75, 3.05) is 33.1 Å². The van der Waals surface area contributed by atoms with Gasteiger partial charge < -0.3 is 31.1 Å². The average molecular weight is 514 g/mol. The van der Waals surface area contributed by atoms with Gasteiger partial charge in [-0.2, -0.15) is 0 Å². The highest BCUT2D eigenvalue weighted by Gasteiger charge is 2.64. The highest BCUT2D eigenvalue weighted by molar-refractivity contribution is 6.24. The van der Waals surface area contributed by atoms with Crippen molar-refractivity contribution >= 4 is 28.9 Å². The number of phenolic OH excluding ortho intramolecular Hbond substituents is 1. The summed E-state index contributed by atoms with van der Waals surface area (Å²) < 4.78 is 0. The first-order chi connectivity index (χ1) is 17.1. The third-order valence-corrected chi connectivity index (χ3v) is 7.89. The molecule has 0 bridgehead atoms. The number of hydrogen-bond acceptors (Lipinski definition) is 9. The van der Waals surface area contributed by atoms with Crippen LogP contribution in [0.25, 0.3) is 5.76 Å². The molecule has 1 aromatic rings. The molecule has 4 rings (SSSR count). The van der Waals surface area contributed by atoms with Crippen LogP contribution in [0.1, 0.15) is 37.0 Å². The van der Waals surface area contributed by atoms with E-state index in [0.717, 1.165) is 5.69 Å². The predicted octanol–water partition coefficient (Wildman–Crippen LogP) is 1.23. The summed E-state index contributed by atoms with van der Waals surface area (Å²) in [4.78, 5) is 42.6. The Morgan fingerprint density at radius 3 is 2.30 bits per heavy atom. The number of carbonyl (C=O) groups is 3. The van der Waals surface area contributed by atoms with Crippen molar-refractivity contribution in [3.8, 4) is 5.75 Å². The topological polar surface area (TPSA) is 165 Å². The van der Waals surface area contributed by atoms with Crippen LogP contribution < -0.4 is 10.6 Å². The van der Waals surface area contributed by atoms with Gasteiger partial charge in [-0.25, -0.2) is 0 Å². The van der Waals surface area contributed by atoms with E-state index in [9.17, 15) is 34.8 Å². The van der Waals surface area contributed by atoms with E-state index in [4.69, 9.17) is 5.73 Å². The molecule has 1 aromatic carbocycles. The quantitative estimate of drug-likeness (QED) is 0.364. The maximum Gasteiger partial charge on any atom is 0.255 e. The van der Waals surface area contributed by atoms with Crippen LogP contribution in [0.15, 0.2) is 23.0 Å². The second-order valence-corrected chi connectivity index (χ2v) is 11.2. The first kappa shape index (κ1) is 26.7. The molecule has 1 fully saturated rings. The number of amides is 1. The number of ketones is 2. The van der Waals surface area contributed by atoms with Crippen molar-refractivity contribution in [3.63, 3.8) is 0 Å². The minimum atomic E-state index is -2.64. The molecule has 0 aliphatic heterocycles. The number of anilines is 1. The summed E-state index contributed by atoms with van der Waals surface area (Å²) in [6.45, 7) is 4.00. The Bertz CT molecular complexity index is 1280. The minimum Gasteiger partial charge on any atom is -0.508 e. The number of nitrogens with zero attached hydrogens (tertiary/aromatic N) is 2. The number of aliphatic hydroxyl groups excluding tert-OH is 2. The van der Waals surface area contributed by atoms with Crippen LogP contribution in [0.3, 0.4) is 0 Å². The highest BCUT2D eigenvalue weighted by atomic mass is 16.3. The normalized spacial score (nSPS) is 27.4. The maximum atomic E-state index is 13.9. The van der Waals surface area contributed by atoms with Gasteiger partial charge in [-0.3, -0.25) is 19.3 Å². The van der Waals surface area contributed by atoms with E-state index in [1.807, 2.05) is 38.9 Å². The van der Waals surface area contributed by atoms with Crippen LogP contribution in [-0.2, 0) is 27.2 Å². The van der Waals surface area contributed by atoms with Crippen LogP contribution in [0.2, 0.25) is 0 Å². The molecule has 10 heteroatoms. The first-order valence-electron chi connectivity index (χ1n) is 12.3. The van der Waals surface area contributed by atoms with Gasteiger partial charge in [0.2, 0.25) is 5.78 Å². The largest absolute Gasteiger partial charge is 0.508 e. The van der Waals surface area contributed by atoms with Gasteiger partial charge in [0.15, 0.2) is 11.4 Å². The fraction of sp³-hybridized carbons (Fsp3) is 0.519. The standard InChI is InChI=1S/C27H35N3O7/c1-11(2)7-13-10-16(29(3)4)14-8-12-9-15-20(30(5)6)23(33)19(26(28)36)25(35)27(15,37)24(34)17(12)22(32)18(14)21(13)31/h10-12,15,20,31-32,35,37H,7-9H2,1-6H3,(H2,28,36)/t12-,15-,20-,27-/m0/s1. The lowest BCUT2D eigenvalue weighted by Gasteiger charge is -2.50. The molecule has 0 unspecified atom stereocenters. The van der Waals surface area contributed by atoms with Gasteiger partial charge in [0, 0.05) is 31.3 Å². The molecule has 6 N–H and O–H groups in total. The van der Waals surface area contributed by atoms with E-state index in [1.165, 1.54) is 4.90 Å². The molecular weight excluding hydrogens is 478 g/mol. The van der Waals surface area contributed by atoms with Crippen molar-refractivity contribution in [1.82, 2.24) is 4.90 Å². The van der Waals surface area contributed by atoms with Gasteiger partial charge in [0.05, 0.1) is 11.6 Å². The average Bonchev–Trinajstić information content (AvgIpc) is 2.77. The number of hydrogen-bond donors (Lipinski definition) is 5. The molecule has 0 radical (unpaired) electrons. The molecule has 3 aliphatic carbocycles. The van der Waals surface area contributed by atoms with Gasteiger partial charge in [-0.15, -0.1) is 0 Å². The molecule has 200 valence electrons. The summed E-state index contributed by atoms with van der Waals surface area (Å²) in [6.07, 6.45) is 0.856. The summed E-state index contributed by atoms with van der Waals surface area (Å²) >= 11 is 0. The number of aromatic hydroxyl groups is 1. The van der Waals surface area contributed by atoms with Crippen LogP contribution in [0, 0.1) is 17.8 Å². The third-order valence-electron chi connectivity index (χ3n) is 7.89. The van der Waals surface area contributed by atoms with Gasteiger partial charge in [-0.1, -0.05) is 13.8 Å². The zero-order chi connectivity index (χ0) is 27.7. The molecule has 37 heavy (non-hydrogen) atoms. The second kappa shape index (κ2) is 8.88. The fourth-order valence-electron chi connectivity index (χ4n) is 6.34. The number of carbonyl (C=O) groups excluding carboxylic acids is 3. The molecule has 0 heterocycles. The number of benzene rings is 1. The lowest BCUT2D eigenvalue weighted by molar-refractivity contribution is -0.153. The Morgan fingerprint density at radius 1 is 1.16 bits per heavy atom. The first-order valence-corrected chi connectivity index (χ1v) is 12.3. The number of Topliss-reactive ketones (excluding diaryl/α,β-unsaturated/α-hetero) is 2. The van der Waals surface area contributed by atoms with Gasteiger partial charge >= 0.3 is 0 Å². The van der Waals surface area contributed by atoms with E-state index in [0.29, 0.717) is 17.5 Å². The van der Waals surface area contributed by atoms with Crippen LogP contribution in [0.5, 0.6) is 5.75 Å². The fourth-order valence-corrected chi connectivity index (χ4v) is 6.34. The summed E-state index contributed by atoms with van der Waals surface area (Å²) in [5, 5.41) is 45.3. The number of fused-ring (bicyclic) bond motifs is 3. The van der Waals surface area contributed by atoms with Crippen molar-refractivity contribution in [2.45, 2.75) is 44.8 Å². The molecule has 3 aliphatic rings. The number of aliphatic hydroxyl groups is 3. The number of likely N-dealkylation sites (N-methyl/N-ethyl adjacent to an activating group) is 1. The van der Waals surface area contributed by atoms with Crippen molar-refractivity contribution in [1.29, 1.82) is 0 Å². The summed E-state index contributed by atoms with van der Waals surface area (Å²) in [6, 6.07) is 0.779. The molecule has 10 nitrogen and oxygen atoms in total. The Labute approximate surface area is 215 Å². The van der Waals surface area contributed by atoms with Crippen molar-refractivity contribution in [3.05, 3.63) is 39.7 Å². The summed E-state index contributed by atoms with van der Waals surface area (Å²) in [5.41, 5.74) is 3.93. The molecule has 0 spiro atoms. The summed E-state index contributed by atoms with van der Waals surface area (Å²) in [5.74, 6) is -6.21. The number of rotatable bonds is 5. The van der Waals surface area contributed by atoms with E-state index < -0.39 is 58.0 Å². The minimum absolute atomic E-state index is 0.0626. The molecule has 0 aromatic heterocycles. The SMILES string of the molecule is CC(C)Cc1cc(N(C)C)c2c(c1O)C(O)=C1C(=O)[C@]3(O)C(O)=C(C(N)=O)C(=O)[C@@H](N(C)C)[C@@H]3C[C@@H]1C2. The Morgan fingerprint density at radius 2 is 1.78 bits per heavy atom. The van der Waals surface area contributed by atoms with E-state index in [-0.39, 0.29) is 35.6 Å². The van der Waals surface area contributed by atoms with Gasteiger partial charge in [-0.05, 0) is 62.4 Å². The molecular formula is C27H35N3O7. The highest BCUT2D eigenvalue weighted by Crippen LogP contribution is 2.54. The summed E-state index contributed by atoms with van der Waals surface area (Å²) in [7, 11) is 6.85. The predicted molar refractivity (Wildman–Crippen MR) is 137 cm³/mol. The van der Waals surface area contributed by atoms with E-state index >= 15 is 0 Å². The van der Waals surface area contributed by atoms with E-state index in [1.54, 1.807) is 14.1 Å². The van der Waals surface area contributed by atoms with E-state index in [2.05, 4.69) is 0 Å². The molecule has 4 atom stereocenters. The lowest BCUT2D eigenvalue weighted by atomic mass is 9.57. The number of primary amides is 1. The number of phenols is 1.